The zero-order chi connectivity index (χ0) is 13.7. The molecule has 1 heterocycles. The van der Waals surface area contributed by atoms with Gasteiger partial charge < -0.3 is 9.88 Å². The summed E-state index contributed by atoms with van der Waals surface area (Å²) in [4.78, 5) is 11.6. The molecular weight excluding hydrogens is 236 g/mol. The molecule has 2 aromatic rings. The molecule has 2 rings (SSSR count). The molecule has 1 N–H and O–H groups in total. The van der Waals surface area contributed by atoms with Crippen LogP contribution in [0.25, 0.3) is 0 Å². The second kappa shape index (κ2) is 6.50. The second-order valence-electron chi connectivity index (χ2n) is 5.30. The Morgan fingerprint density at radius 1 is 0.947 bits per heavy atom. The van der Waals surface area contributed by atoms with Gasteiger partial charge in [-0.25, -0.2) is 4.98 Å². The molecule has 1 aromatic heterocycles. The van der Waals surface area contributed by atoms with Crippen molar-refractivity contribution in [1.82, 2.24) is 19.8 Å². The summed E-state index contributed by atoms with van der Waals surface area (Å²) in [6, 6.07) is 8.84. The van der Waals surface area contributed by atoms with E-state index in [4.69, 9.17) is 0 Å². The predicted octanol–water partition coefficient (Wildman–Crippen LogP) is 2.10. The van der Waals surface area contributed by atoms with Crippen LogP contribution in [-0.2, 0) is 19.6 Å². The van der Waals surface area contributed by atoms with Gasteiger partial charge in [0, 0.05) is 31.5 Å². The maximum atomic E-state index is 4.03. The van der Waals surface area contributed by atoms with Crippen molar-refractivity contribution in [3.05, 3.63) is 53.6 Å². The lowest BCUT2D eigenvalue weighted by molar-refractivity contribution is 0.315. The summed E-state index contributed by atoms with van der Waals surface area (Å²) in [5.74, 6) is 0. The number of nitrogens with one attached hydrogen (secondary N) is 1. The van der Waals surface area contributed by atoms with Crippen molar-refractivity contribution in [3.8, 4) is 0 Å². The first-order valence-corrected chi connectivity index (χ1v) is 6.52. The van der Waals surface area contributed by atoms with Crippen molar-refractivity contribution < 1.29 is 0 Å². The number of imidazole rings is 1. The van der Waals surface area contributed by atoms with E-state index < -0.39 is 0 Å². The number of hydrogen-bond acceptors (Lipinski definition) is 3. The van der Waals surface area contributed by atoms with E-state index >= 15 is 0 Å². The summed E-state index contributed by atoms with van der Waals surface area (Å²) < 4.78 is 0. The Morgan fingerprint density at radius 2 is 1.58 bits per heavy atom. The number of hydrogen-bond donors (Lipinski definition) is 1. The lowest BCUT2D eigenvalue weighted by Crippen LogP contribution is -2.17. The third kappa shape index (κ3) is 4.50. The Kier molecular flexibility index (Phi) is 4.71. The van der Waals surface area contributed by atoms with Crippen molar-refractivity contribution in [2.24, 2.45) is 0 Å². The van der Waals surface area contributed by atoms with Crippen molar-refractivity contribution in [2.75, 3.05) is 21.1 Å². The molecule has 0 atom stereocenters. The first kappa shape index (κ1) is 13.8. The van der Waals surface area contributed by atoms with Gasteiger partial charge in [0.15, 0.2) is 0 Å². The quantitative estimate of drug-likeness (QED) is 0.862. The standard InChI is InChI=1S/C15H22N4/c1-18(2)9-13-4-6-14(7-5-13)10-19(3)11-15-8-16-12-17-15/h4-8,12H,9-11H2,1-3H3,(H,16,17). The number of H-pyrrole nitrogens is 1. The zero-order valence-corrected chi connectivity index (χ0v) is 11.9. The highest BCUT2D eigenvalue weighted by Gasteiger charge is 2.03. The Morgan fingerprint density at radius 3 is 2.11 bits per heavy atom. The maximum Gasteiger partial charge on any atom is 0.0922 e. The smallest absolute Gasteiger partial charge is 0.0922 e. The summed E-state index contributed by atoms with van der Waals surface area (Å²) in [5, 5.41) is 0. The highest BCUT2D eigenvalue weighted by molar-refractivity contribution is 5.22. The van der Waals surface area contributed by atoms with E-state index in [0.29, 0.717) is 0 Å². The number of benzene rings is 1. The fraction of sp³-hybridized carbons (Fsp3) is 0.400. The van der Waals surface area contributed by atoms with Crippen LogP contribution in [0.1, 0.15) is 16.8 Å². The number of nitrogens with zero attached hydrogens (tertiary/aromatic N) is 3. The van der Waals surface area contributed by atoms with Gasteiger partial charge in [-0.3, -0.25) is 4.90 Å². The summed E-state index contributed by atoms with van der Waals surface area (Å²) in [5.41, 5.74) is 3.83. The van der Waals surface area contributed by atoms with Crippen LogP contribution in [0.4, 0.5) is 0 Å². The molecule has 0 aliphatic heterocycles. The average Bonchev–Trinajstić information content (AvgIpc) is 2.83. The molecule has 0 spiro atoms. The second-order valence-corrected chi connectivity index (χ2v) is 5.30. The summed E-state index contributed by atoms with van der Waals surface area (Å²) in [6.07, 6.45) is 3.59. The highest BCUT2D eigenvalue weighted by atomic mass is 15.1. The van der Waals surface area contributed by atoms with Gasteiger partial charge in [-0.15, -0.1) is 0 Å². The van der Waals surface area contributed by atoms with E-state index in [0.717, 1.165) is 25.3 Å². The van der Waals surface area contributed by atoms with Crippen molar-refractivity contribution in [3.63, 3.8) is 0 Å². The van der Waals surface area contributed by atoms with E-state index in [1.807, 2.05) is 6.20 Å². The van der Waals surface area contributed by atoms with Crippen LogP contribution < -0.4 is 0 Å². The summed E-state index contributed by atoms with van der Waals surface area (Å²) in [6.45, 7) is 2.82. The van der Waals surface area contributed by atoms with Gasteiger partial charge in [0.1, 0.15) is 0 Å². The van der Waals surface area contributed by atoms with Gasteiger partial charge >= 0.3 is 0 Å². The molecule has 0 saturated heterocycles. The van der Waals surface area contributed by atoms with Crippen LogP contribution in [0.5, 0.6) is 0 Å². The third-order valence-electron chi connectivity index (χ3n) is 2.97. The monoisotopic (exact) mass is 258 g/mol. The number of rotatable bonds is 6. The minimum absolute atomic E-state index is 0.888. The lowest BCUT2D eigenvalue weighted by Gasteiger charge is -2.16. The van der Waals surface area contributed by atoms with Crippen molar-refractivity contribution >= 4 is 0 Å². The molecule has 0 aliphatic rings. The van der Waals surface area contributed by atoms with E-state index in [9.17, 15) is 0 Å². The molecule has 0 amide bonds. The van der Waals surface area contributed by atoms with Gasteiger partial charge in [0.25, 0.3) is 0 Å². The van der Waals surface area contributed by atoms with Gasteiger partial charge in [-0.2, -0.15) is 0 Å². The molecule has 0 unspecified atom stereocenters. The minimum Gasteiger partial charge on any atom is -0.347 e. The maximum absolute atomic E-state index is 4.03. The van der Waals surface area contributed by atoms with E-state index in [1.165, 1.54) is 11.1 Å². The van der Waals surface area contributed by atoms with Crippen LogP contribution in [0, 0.1) is 0 Å². The first-order chi connectivity index (χ1) is 9.13. The molecule has 0 bridgehead atoms. The van der Waals surface area contributed by atoms with Crippen molar-refractivity contribution in [2.45, 2.75) is 19.6 Å². The Hall–Kier alpha value is -1.65. The van der Waals surface area contributed by atoms with Crippen LogP contribution in [0.2, 0.25) is 0 Å². The summed E-state index contributed by atoms with van der Waals surface area (Å²) >= 11 is 0. The Balaban J connectivity index is 1.88. The van der Waals surface area contributed by atoms with Crippen molar-refractivity contribution in [1.29, 1.82) is 0 Å². The van der Waals surface area contributed by atoms with Gasteiger partial charge in [-0.1, -0.05) is 24.3 Å². The first-order valence-electron chi connectivity index (χ1n) is 6.52. The molecule has 4 heteroatoms. The van der Waals surface area contributed by atoms with E-state index in [1.54, 1.807) is 6.33 Å². The fourth-order valence-corrected chi connectivity index (χ4v) is 2.14. The molecule has 0 fully saturated rings. The van der Waals surface area contributed by atoms with Crippen LogP contribution in [-0.4, -0.2) is 40.9 Å². The molecule has 0 saturated carbocycles. The van der Waals surface area contributed by atoms with Gasteiger partial charge in [0.05, 0.1) is 6.33 Å². The molecule has 19 heavy (non-hydrogen) atoms. The molecule has 1 aromatic carbocycles. The number of aromatic nitrogens is 2. The molecule has 0 radical (unpaired) electrons. The minimum atomic E-state index is 0.888. The predicted molar refractivity (Wildman–Crippen MR) is 77.6 cm³/mol. The third-order valence-corrected chi connectivity index (χ3v) is 2.97. The average molecular weight is 258 g/mol. The van der Waals surface area contributed by atoms with E-state index in [2.05, 4.69) is 65.2 Å². The largest absolute Gasteiger partial charge is 0.347 e. The molecule has 4 nitrogen and oxygen atoms in total. The van der Waals surface area contributed by atoms with Crippen LogP contribution >= 0.6 is 0 Å². The zero-order valence-electron chi connectivity index (χ0n) is 11.9. The molecule has 0 aliphatic carbocycles. The Labute approximate surface area is 115 Å². The van der Waals surface area contributed by atoms with Crippen LogP contribution in [0.15, 0.2) is 36.8 Å². The van der Waals surface area contributed by atoms with E-state index in [-0.39, 0.29) is 0 Å². The van der Waals surface area contributed by atoms with Gasteiger partial charge in [0.2, 0.25) is 0 Å². The molecular formula is C15H22N4. The topological polar surface area (TPSA) is 35.2 Å². The van der Waals surface area contributed by atoms with Gasteiger partial charge in [-0.05, 0) is 32.3 Å². The summed E-state index contributed by atoms with van der Waals surface area (Å²) in [7, 11) is 6.30. The molecule has 102 valence electrons. The number of aromatic amines is 1. The normalized spacial score (nSPS) is 11.4. The SMILES string of the molecule is CN(C)Cc1ccc(CN(C)Cc2cnc[nH]2)cc1. The lowest BCUT2D eigenvalue weighted by atomic mass is 10.1. The Bertz CT molecular complexity index is 473. The highest BCUT2D eigenvalue weighted by Crippen LogP contribution is 2.09. The fourth-order valence-electron chi connectivity index (χ4n) is 2.14. The van der Waals surface area contributed by atoms with Crippen LogP contribution in [0.3, 0.4) is 0 Å².